The Morgan fingerprint density at radius 3 is 2.59 bits per heavy atom. The van der Waals surface area contributed by atoms with Gasteiger partial charge in [0.15, 0.2) is 5.67 Å². The van der Waals surface area contributed by atoms with Crippen LogP contribution in [-0.2, 0) is 27.8 Å². The van der Waals surface area contributed by atoms with Crippen LogP contribution in [0.5, 0.6) is 0 Å². The molecule has 0 unspecified atom stereocenters. The van der Waals surface area contributed by atoms with Crippen molar-refractivity contribution in [3.05, 3.63) is 77.6 Å². The molecule has 2 N–H and O–H groups in total. The van der Waals surface area contributed by atoms with E-state index in [0.29, 0.717) is 18.2 Å². The number of alkyl halides is 1. The Kier molecular flexibility index (Phi) is 6.89. The average molecular weight is 622 g/mol. The van der Waals surface area contributed by atoms with E-state index in [1.807, 2.05) is 55.2 Å². The number of benzene rings is 2. The van der Waals surface area contributed by atoms with Crippen LogP contribution in [0.4, 0.5) is 15.8 Å². The lowest BCUT2D eigenvalue weighted by molar-refractivity contribution is -0.131. The van der Waals surface area contributed by atoms with Gasteiger partial charge in [-0.05, 0) is 80.0 Å². The Hall–Kier alpha value is -4.64. The molecule has 11 heteroatoms. The van der Waals surface area contributed by atoms with Crippen molar-refractivity contribution >= 4 is 23.2 Å². The van der Waals surface area contributed by atoms with Crippen molar-refractivity contribution in [2.75, 3.05) is 23.4 Å². The van der Waals surface area contributed by atoms with Crippen LogP contribution in [-0.4, -0.2) is 68.8 Å². The number of carbonyl (C=O) groups is 2. The number of morpholine rings is 1. The summed E-state index contributed by atoms with van der Waals surface area (Å²) < 4.78 is 22.5. The van der Waals surface area contributed by atoms with Crippen molar-refractivity contribution in [1.29, 1.82) is 0 Å². The summed E-state index contributed by atoms with van der Waals surface area (Å²) in [5.74, 6) is -1.43. The monoisotopic (exact) mass is 621 g/mol. The first-order valence-electron chi connectivity index (χ1n) is 16.0. The molecule has 4 aliphatic rings. The number of aromatic nitrogens is 4. The van der Waals surface area contributed by atoms with E-state index in [2.05, 4.69) is 49.0 Å². The molecule has 2 saturated heterocycles. The van der Waals surface area contributed by atoms with Gasteiger partial charge in [0.25, 0.3) is 5.91 Å². The molecule has 8 rings (SSSR count). The van der Waals surface area contributed by atoms with Crippen LogP contribution >= 0.6 is 0 Å². The van der Waals surface area contributed by atoms with Gasteiger partial charge in [0, 0.05) is 36.3 Å². The summed E-state index contributed by atoms with van der Waals surface area (Å²) in [6.45, 7) is 3.58. The van der Waals surface area contributed by atoms with Crippen LogP contribution in [0.2, 0.25) is 0 Å². The molecule has 0 radical (unpaired) electrons. The number of halogens is 1. The Labute approximate surface area is 266 Å². The maximum absolute atomic E-state index is 14.9. The molecule has 236 valence electrons. The molecule has 4 aromatic rings. The number of fused-ring (bicyclic) bond motifs is 3. The van der Waals surface area contributed by atoms with E-state index in [9.17, 15) is 14.0 Å². The van der Waals surface area contributed by atoms with E-state index in [0.717, 1.165) is 70.9 Å². The van der Waals surface area contributed by atoms with Gasteiger partial charge in [-0.15, -0.1) is 0 Å². The number of anilines is 2. The zero-order valence-electron chi connectivity index (χ0n) is 25.9. The number of carbonyl (C=O) groups excluding carboxylic acids is 2. The standard InChI is InChI=1S/C35H36FN7O3/c1-20-16-38-42(2)32(20)22-5-8-24(9-6-22)39-33(44)31(40-34(45)35(36)11-12-35)28-10-7-21-3-4-23(13-29(21)28)30-15-25(17-37-41-30)43-18-27-14-26(43)19-46-27/h3-6,8-9,13,15-17,26-28,31H,7,10-12,14,18-19H2,1-2H3,(H,39,44)(H,40,45)/t26-,27-,28+,31-/m0/s1. The van der Waals surface area contributed by atoms with Crippen LogP contribution in [0.25, 0.3) is 22.5 Å². The highest BCUT2D eigenvalue weighted by Crippen LogP contribution is 2.42. The van der Waals surface area contributed by atoms with Gasteiger partial charge in [0.2, 0.25) is 5.91 Å². The fraction of sp³-hybridized carbons (Fsp3) is 0.400. The molecule has 4 atom stereocenters. The van der Waals surface area contributed by atoms with E-state index < -0.39 is 17.6 Å². The topological polar surface area (TPSA) is 114 Å². The molecule has 0 spiro atoms. The number of amides is 2. The predicted octanol–water partition coefficient (Wildman–Crippen LogP) is 4.49. The third kappa shape index (κ3) is 5.12. The second-order valence-corrected chi connectivity index (χ2v) is 13.1. The third-order valence-corrected chi connectivity index (χ3v) is 10.1. The summed E-state index contributed by atoms with van der Waals surface area (Å²) in [6.07, 6.45) is 6.66. The van der Waals surface area contributed by atoms with Crippen LogP contribution in [0, 0.1) is 6.92 Å². The minimum absolute atomic E-state index is 0.174. The largest absolute Gasteiger partial charge is 0.374 e. The van der Waals surface area contributed by atoms with Gasteiger partial charge in [-0.3, -0.25) is 14.3 Å². The van der Waals surface area contributed by atoms with E-state index >= 15 is 0 Å². The van der Waals surface area contributed by atoms with Gasteiger partial charge in [-0.1, -0.05) is 24.3 Å². The van der Waals surface area contributed by atoms with Gasteiger partial charge in [-0.2, -0.15) is 15.3 Å². The van der Waals surface area contributed by atoms with Gasteiger partial charge in [-0.25, -0.2) is 4.39 Å². The molecule has 2 aromatic heterocycles. The fourth-order valence-corrected chi connectivity index (χ4v) is 7.36. The van der Waals surface area contributed by atoms with Crippen LogP contribution < -0.4 is 15.5 Å². The SMILES string of the molecule is Cc1cnn(C)c1-c1ccc(NC(=O)[C@@H](NC(=O)C2(F)CC2)[C@@H]2CCc3ccc(-c4cc(N5C[C@@H]6C[C@H]5CO6)cnn4)cc32)cc1. The molecule has 2 bridgehead atoms. The zero-order chi connectivity index (χ0) is 31.6. The quantitative estimate of drug-likeness (QED) is 0.298. The number of aryl methyl sites for hydroxylation is 3. The second-order valence-electron chi connectivity index (χ2n) is 13.1. The lowest BCUT2D eigenvalue weighted by Gasteiger charge is -2.28. The van der Waals surface area contributed by atoms with Crippen LogP contribution in [0.1, 0.15) is 48.3 Å². The van der Waals surface area contributed by atoms with Gasteiger partial charge in [0.1, 0.15) is 6.04 Å². The summed E-state index contributed by atoms with van der Waals surface area (Å²) in [4.78, 5) is 29.3. The number of rotatable bonds is 8. The first-order valence-corrected chi connectivity index (χ1v) is 16.0. The maximum atomic E-state index is 14.9. The number of nitrogens with zero attached hydrogens (tertiary/aromatic N) is 5. The van der Waals surface area contributed by atoms with Crippen molar-refractivity contribution in [2.45, 2.75) is 68.8 Å². The Bertz CT molecular complexity index is 1820. The average Bonchev–Trinajstić information content (AvgIpc) is 3.47. The van der Waals surface area contributed by atoms with E-state index in [1.165, 1.54) is 0 Å². The summed E-state index contributed by atoms with van der Waals surface area (Å²) >= 11 is 0. The molecule has 2 amide bonds. The number of ether oxygens (including phenoxy) is 1. The van der Waals surface area contributed by atoms with Gasteiger partial charge >= 0.3 is 0 Å². The fourth-order valence-electron chi connectivity index (χ4n) is 7.36. The predicted molar refractivity (Wildman–Crippen MR) is 171 cm³/mol. The van der Waals surface area contributed by atoms with Gasteiger partial charge in [0.05, 0.1) is 48.2 Å². The highest BCUT2D eigenvalue weighted by molar-refractivity contribution is 6.00. The Balaban J connectivity index is 1.06. The summed E-state index contributed by atoms with van der Waals surface area (Å²) in [6, 6.07) is 15.2. The summed E-state index contributed by atoms with van der Waals surface area (Å²) in [5, 5.41) is 18.9. The van der Waals surface area contributed by atoms with Crippen molar-refractivity contribution < 1.29 is 18.7 Å². The van der Waals surface area contributed by atoms with Crippen molar-refractivity contribution in [1.82, 2.24) is 25.3 Å². The molecule has 46 heavy (non-hydrogen) atoms. The third-order valence-electron chi connectivity index (χ3n) is 10.1. The Morgan fingerprint density at radius 1 is 1.09 bits per heavy atom. The number of hydrogen-bond donors (Lipinski definition) is 2. The second kappa shape index (κ2) is 11.0. The highest BCUT2D eigenvalue weighted by Gasteiger charge is 2.52. The van der Waals surface area contributed by atoms with Crippen molar-refractivity contribution in [2.24, 2.45) is 7.05 Å². The first kappa shape index (κ1) is 28.8. The molecule has 2 aliphatic heterocycles. The molecule has 10 nitrogen and oxygen atoms in total. The van der Waals surface area contributed by atoms with Gasteiger partial charge < -0.3 is 20.3 Å². The molecular formula is C35H36FN7O3. The minimum Gasteiger partial charge on any atom is -0.374 e. The molecule has 1 saturated carbocycles. The lowest BCUT2D eigenvalue weighted by Crippen LogP contribution is -2.50. The van der Waals surface area contributed by atoms with Crippen molar-refractivity contribution in [3.8, 4) is 22.5 Å². The first-order chi connectivity index (χ1) is 22.3. The molecule has 3 fully saturated rings. The van der Waals surface area contributed by atoms with E-state index in [4.69, 9.17) is 4.74 Å². The summed E-state index contributed by atoms with van der Waals surface area (Å²) in [5.41, 5.74) is 6.43. The normalized spacial score (nSPS) is 22.8. The van der Waals surface area contributed by atoms with Crippen LogP contribution in [0.15, 0.2) is 60.9 Å². The smallest absolute Gasteiger partial charge is 0.258 e. The van der Waals surface area contributed by atoms with E-state index in [-0.39, 0.29) is 30.8 Å². The Morgan fingerprint density at radius 2 is 1.89 bits per heavy atom. The molecule has 2 aliphatic carbocycles. The summed E-state index contributed by atoms with van der Waals surface area (Å²) in [7, 11) is 1.89. The van der Waals surface area contributed by atoms with E-state index in [1.54, 1.807) is 6.20 Å². The van der Waals surface area contributed by atoms with Crippen LogP contribution in [0.3, 0.4) is 0 Å². The highest BCUT2D eigenvalue weighted by atomic mass is 19.1. The number of nitrogens with one attached hydrogen (secondary N) is 2. The molecule has 4 heterocycles. The van der Waals surface area contributed by atoms with Crippen molar-refractivity contribution in [3.63, 3.8) is 0 Å². The lowest BCUT2D eigenvalue weighted by atomic mass is 9.90. The zero-order valence-corrected chi connectivity index (χ0v) is 25.9. The number of hydrogen-bond acceptors (Lipinski definition) is 7. The molecular weight excluding hydrogens is 585 g/mol. The molecule has 2 aromatic carbocycles. The minimum atomic E-state index is -1.90. The maximum Gasteiger partial charge on any atom is 0.258 e.